The molecule has 0 saturated heterocycles. The lowest BCUT2D eigenvalue weighted by Gasteiger charge is -2.24. The second-order valence-electron chi connectivity index (χ2n) is 5.90. The van der Waals surface area contributed by atoms with Gasteiger partial charge in [-0.2, -0.15) is 5.10 Å². The number of fused-ring (bicyclic) bond motifs is 1. The Hall–Kier alpha value is -3.03. The standard InChI is InChI=1S/C17H14F2N4O2/c1-22-4-2-13(21-22)17(24)23-5-3-15-14(9-23)20-16(25-15)10-6-11(18)8-12(19)7-10/h2,4,6-8H,3,5,9H2,1H3. The van der Waals surface area contributed by atoms with Crippen LogP contribution in [0, 0.1) is 11.6 Å². The molecule has 2 aromatic heterocycles. The van der Waals surface area contributed by atoms with Gasteiger partial charge in [-0.05, 0) is 18.2 Å². The predicted molar refractivity (Wildman–Crippen MR) is 83.5 cm³/mol. The molecule has 0 bridgehead atoms. The fraction of sp³-hybridized carbons (Fsp3) is 0.235. The molecule has 0 aliphatic carbocycles. The summed E-state index contributed by atoms with van der Waals surface area (Å²) in [5.74, 6) is -0.802. The van der Waals surface area contributed by atoms with E-state index in [4.69, 9.17) is 4.42 Å². The van der Waals surface area contributed by atoms with Gasteiger partial charge in [0.2, 0.25) is 5.89 Å². The highest BCUT2D eigenvalue weighted by atomic mass is 19.1. The molecule has 0 radical (unpaired) electrons. The highest BCUT2D eigenvalue weighted by Gasteiger charge is 2.27. The fourth-order valence-electron chi connectivity index (χ4n) is 2.86. The summed E-state index contributed by atoms with van der Waals surface area (Å²) in [6, 6.07) is 4.77. The van der Waals surface area contributed by atoms with Crippen LogP contribution in [0.5, 0.6) is 0 Å². The maximum atomic E-state index is 13.4. The molecule has 1 aliphatic rings. The molecule has 128 valence electrons. The van der Waals surface area contributed by atoms with Gasteiger partial charge in [0.25, 0.3) is 5.91 Å². The Morgan fingerprint density at radius 3 is 2.68 bits per heavy atom. The Bertz CT molecular complexity index is 943. The van der Waals surface area contributed by atoms with E-state index < -0.39 is 11.6 Å². The third-order valence-electron chi connectivity index (χ3n) is 4.06. The normalized spacial score (nSPS) is 13.8. The molecule has 0 fully saturated rings. The Morgan fingerprint density at radius 2 is 2.00 bits per heavy atom. The van der Waals surface area contributed by atoms with E-state index in [2.05, 4.69) is 10.1 Å². The van der Waals surface area contributed by atoms with Crippen LogP contribution in [0.1, 0.15) is 21.9 Å². The first-order valence-electron chi connectivity index (χ1n) is 7.73. The molecule has 0 N–H and O–H groups in total. The molecule has 0 saturated carbocycles. The Morgan fingerprint density at radius 1 is 1.24 bits per heavy atom. The van der Waals surface area contributed by atoms with E-state index >= 15 is 0 Å². The number of oxazole rings is 1. The van der Waals surface area contributed by atoms with E-state index in [1.165, 1.54) is 0 Å². The quantitative estimate of drug-likeness (QED) is 0.717. The molecule has 0 atom stereocenters. The molecule has 6 nitrogen and oxygen atoms in total. The van der Waals surface area contributed by atoms with E-state index in [9.17, 15) is 13.6 Å². The summed E-state index contributed by atoms with van der Waals surface area (Å²) in [4.78, 5) is 18.4. The van der Waals surface area contributed by atoms with Crippen LogP contribution in [0.25, 0.3) is 11.5 Å². The van der Waals surface area contributed by atoms with E-state index in [1.807, 2.05) is 0 Å². The van der Waals surface area contributed by atoms with Crippen LogP contribution in [-0.4, -0.2) is 32.1 Å². The zero-order chi connectivity index (χ0) is 17.6. The largest absolute Gasteiger partial charge is 0.441 e. The number of aromatic nitrogens is 3. The monoisotopic (exact) mass is 344 g/mol. The molecule has 1 aromatic carbocycles. The van der Waals surface area contributed by atoms with Gasteiger partial charge in [-0.3, -0.25) is 9.48 Å². The van der Waals surface area contributed by atoms with E-state index in [1.54, 1.807) is 28.9 Å². The molecule has 0 spiro atoms. The molecule has 3 heterocycles. The van der Waals surface area contributed by atoms with Crippen LogP contribution in [0.4, 0.5) is 8.78 Å². The van der Waals surface area contributed by atoms with Crippen molar-refractivity contribution < 1.29 is 18.0 Å². The SMILES string of the molecule is Cn1ccc(C(=O)N2CCc3oc(-c4cc(F)cc(F)c4)nc3C2)n1. The van der Waals surface area contributed by atoms with E-state index in [0.29, 0.717) is 30.1 Å². The van der Waals surface area contributed by atoms with Crippen molar-refractivity contribution in [2.75, 3.05) is 6.54 Å². The number of carbonyl (C=O) groups is 1. The molecule has 4 rings (SSSR count). The Balaban J connectivity index is 1.60. The summed E-state index contributed by atoms with van der Waals surface area (Å²) in [5.41, 5.74) is 1.19. The van der Waals surface area contributed by atoms with Gasteiger partial charge in [0.05, 0.1) is 6.54 Å². The molecule has 3 aromatic rings. The Labute approximate surface area is 141 Å². The number of benzene rings is 1. The summed E-state index contributed by atoms with van der Waals surface area (Å²) in [7, 11) is 1.74. The summed E-state index contributed by atoms with van der Waals surface area (Å²) in [5, 5.41) is 4.11. The van der Waals surface area contributed by atoms with Gasteiger partial charge in [-0.15, -0.1) is 0 Å². The van der Waals surface area contributed by atoms with Gasteiger partial charge >= 0.3 is 0 Å². The van der Waals surface area contributed by atoms with Crippen LogP contribution in [0.15, 0.2) is 34.9 Å². The van der Waals surface area contributed by atoms with Gasteiger partial charge in [0.15, 0.2) is 0 Å². The van der Waals surface area contributed by atoms with Crippen LogP contribution in [0.3, 0.4) is 0 Å². The van der Waals surface area contributed by atoms with Crippen molar-refractivity contribution in [3.8, 4) is 11.5 Å². The van der Waals surface area contributed by atoms with Crippen LogP contribution in [0.2, 0.25) is 0 Å². The lowest BCUT2D eigenvalue weighted by Crippen LogP contribution is -2.36. The first kappa shape index (κ1) is 15.5. The third-order valence-corrected chi connectivity index (χ3v) is 4.06. The number of amides is 1. The van der Waals surface area contributed by atoms with Crippen LogP contribution < -0.4 is 0 Å². The maximum Gasteiger partial charge on any atom is 0.274 e. The minimum Gasteiger partial charge on any atom is -0.441 e. The number of hydrogen-bond acceptors (Lipinski definition) is 4. The minimum atomic E-state index is -0.696. The third kappa shape index (κ3) is 2.90. The average Bonchev–Trinajstić information content (AvgIpc) is 3.18. The van der Waals surface area contributed by atoms with Crippen molar-refractivity contribution in [3.63, 3.8) is 0 Å². The fourth-order valence-corrected chi connectivity index (χ4v) is 2.86. The molecular formula is C17H14F2N4O2. The molecular weight excluding hydrogens is 330 g/mol. The van der Waals surface area contributed by atoms with Crippen LogP contribution >= 0.6 is 0 Å². The van der Waals surface area contributed by atoms with Crippen molar-refractivity contribution in [3.05, 3.63) is 59.2 Å². The summed E-state index contributed by atoms with van der Waals surface area (Å²) in [6.07, 6.45) is 2.19. The van der Waals surface area contributed by atoms with Gasteiger partial charge in [-0.25, -0.2) is 13.8 Å². The first-order chi connectivity index (χ1) is 12.0. The van der Waals surface area contributed by atoms with Crippen molar-refractivity contribution in [1.29, 1.82) is 0 Å². The number of rotatable bonds is 2. The van der Waals surface area contributed by atoms with Gasteiger partial charge in [0, 0.05) is 37.8 Å². The van der Waals surface area contributed by atoms with E-state index in [-0.39, 0.29) is 23.9 Å². The minimum absolute atomic E-state index is 0.149. The highest BCUT2D eigenvalue weighted by molar-refractivity contribution is 5.92. The second kappa shape index (κ2) is 5.80. The molecule has 25 heavy (non-hydrogen) atoms. The van der Waals surface area contributed by atoms with E-state index in [0.717, 1.165) is 18.2 Å². The smallest absolute Gasteiger partial charge is 0.274 e. The Kier molecular flexibility index (Phi) is 3.60. The molecule has 1 aliphatic heterocycles. The number of halogens is 2. The lowest BCUT2D eigenvalue weighted by molar-refractivity contribution is 0.0721. The van der Waals surface area contributed by atoms with Crippen molar-refractivity contribution in [2.45, 2.75) is 13.0 Å². The number of nitrogens with zero attached hydrogens (tertiary/aromatic N) is 4. The van der Waals surface area contributed by atoms with Crippen molar-refractivity contribution in [1.82, 2.24) is 19.7 Å². The number of aryl methyl sites for hydroxylation is 1. The number of carbonyl (C=O) groups excluding carboxylic acids is 1. The second-order valence-corrected chi connectivity index (χ2v) is 5.90. The van der Waals surface area contributed by atoms with Crippen LogP contribution in [-0.2, 0) is 20.0 Å². The predicted octanol–water partition coefficient (Wildman–Crippen LogP) is 2.55. The number of hydrogen-bond donors (Lipinski definition) is 0. The molecule has 1 amide bonds. The lowest BCUT2D eigenvalue weighted by atomic mass is 10.1. The van der Waals surface area contributed by atoms with Gasteiger partial charge in [-0.1, -0.05) is 0 Å². The summed E-state index contributed by atoms with van der Waals surface area (Å²) in [6.45, 7) is 0.737. The van der Waals surface area contributed by atoms with Gasteiger partial charge < -0.3 is 9.32 Å². The molecule has 8 heteroatoms. The van der Waals surface area contributed by atoms with Crippen molar-refractivity contribution in [2.24, 2.45) is 7.05 Å². The highest BCUT2D eigenvalue weighted by Crippen LogP contribution is 2.27. The summed E-state index contributed by atoms with van der Waals surface area (Å²) < 4.78 is 34.0. The topological polar surface area (TPSA) is 64.2 Å². The zero-order valence-corrected chi connectivity index (χ0v) is 13.4. The van der Waals surface area contributed by atoms with Crippen molar-refractivity contribution >= 4 is 5.91 Å². The summed E-state index contributed by atoms with van der Waals surface area (Å²) >= 11 is 0. The first-order valence-corrected chi connectivity index (χ1v) is 7.73. The zero-order valence-electron chi connectivity index (χ0n) is 13.4. The molecule has 0 unspecified atom stereocenters. The maximum absolute atomic E-state index is 13.4. The average molecular weight is 344 g/mol. The van der Waals surface area contributed by atoms with Gasteiger partial charge in [0.1, 0.15) is 28.8 Å².